The molecule has 0 fully saturated rings. The number of hydrogen-bond acceptors (Lipinski definition) is 6. The Balaban J connectivity index is 1.36. The van der Waals surface area contributed by atoms with Gasteiger partial charge in [0.05, 0.1) is 28.7 Å². The number of fused-ring (bicyclic) bond motifs is 1. The summed E-state index contributed by atoms with van der Waals surface area (Å²) >= 11 is 6.45. The predicted octanol–water partition coefficient (Wildman–Crippen LogP) is 7.37. The number of hydrogen-bond donors (Lipinski definition) is 3. The Morgan fingerprint density at radius 3 is 2.46 bits per heavy atom. The largest absolute Gasteiger partial charge is 0.455 e. The van der Waals surface area contributed by atoms with Crippen molar-refractivity contribution in [3.8, 4) is 11.5 Å². The number of ether oxygens (including phenoxy) is 1. The maximum atomic E-state index is 13.0. The molecule has 0 aliphatic carbocycles. The van der Waals surface area contributed by atoms with Gasteiger partial charge in [0.2, 0.25) is 6.41 Å². The Bertz CT molecular complexity index is 1770. The third-order valence-electron chi connectivity index (χ3n) is 6.50. The van der Waals surface area contributed by atoms with Crippen LogP contribution in [0.5, 0.6) is 11.5 Å². The van der Waals surface area contributed by atoms with Gasteiger partial charge in [0.25, 0.3) is 5.91 Å². The molecule has 2 amide bonds. The molecular weight excluding hydrogens is 538 g/mol. The molecule has 0 saturated heterocycles. The van der Waals surface area contributed by atoms with Crippen molar-refractivity contribution in [1.82, 2.24) is 10.4 Å². The molecule has 41 heavy (non-hydrogen) atoms. The highest BCUT2D eigenvalue weighted by Gasteiger charge is 2.13. The number of aryl methyl sites for hydroxylation is 1. The predicted molar refractivity (Wildman–Crippen MR) is 164 cm³/mol. The first-order valence-corrected chi connectivity index (χ1v) is 13.1. The molecule has 1 aromatic heterocycles. The first kappa shape index (κ1) is 27.4. The molecule has 5 rings (SSSR count). The summed E-state index contributed by atoms with van der Waals surface area (Å²) in [5.74, 6) is 0.637. The van der Waals surface area contributed by atoms with Gasteiger partial charge >= 0.3 is 0 Å². The Morgan fingerprint density at radius 1 is 0.902 bits per heavy atom. The van der Waals surface area contributed by atoms with Gasteiger partial charge in [-0.3, -0.25) is 9.59 Å². The van der Waals surface area contributed by atoms with Crippen LogP contribution in [0, 0.1) is 13.8 Å². The van der Waals surface area contributed by atoms with Gasteiger partial charge in [0, 0.05) is 22.7 Å². The Morgan fingerprint density at radius 2 is 1.66 bits per heavy atom. The average molecular weight is 564 g/mol. The van der Waals surface area contributed by atoms with Crippen LogP contribution in [0.15, 0.2) is 96.1 Å². The molecular formula is C32H26ClN5O3. The van der Waals surface area contributed by atoms with E-state index in [1.54, 1.807) is 42.5 Å². The maximum absolute atomic E-state index is 13.0. The number of pyridine rings is 1. The normalized spacial score (nSPS) is 10.9. The number of hydrazone groups is 1. The van der Waals surface area contributed by atoms with Crippen molar-refractivity contribution in [3.05, 3.63) is 118 Å². The summed E-state index contributed by atoms with van der Waals surface area (Å²) in [5.41, 5.74) is 8.33. The fourth-order valence-corrected chi connectivity index (χ4v) is 4.40. The molecule has 0 atom stereocenters. The minimum Gasteiger partial charge on any atom is -0.455 e. The van der Waals surface area contributed by atoms with Crippen LogP contribution >= 0.6 is 11.6 Å². The van der Waals surface area contributed by atoms with Gasteiger partial charge in [-0.25, -0.2) is 10.4 Å². The molecule has 0 aliphatic heterocycles. The van der Waals surface area contributed by atoms with E-state index in [0.29, 0.717) is 51.3 Å². The number of benzene rings is 4. The van der Waals surface area contributed by atoms with Gasteiger partial charge in [0.15, 0.2) is 5.75 Å². The first-order chi connectivity index (χ1) is 19.9. The summed E-state index contributed by atoms with van der Waals surface area (Å²) in [5, 5.41) is 11.0. The highest BCUT2D eigenvalue weighted by molar-refractivity contribution is 6.32. The monoisotopic (exact) mass is 563 g/mol. The third kappa shape index (κ3) is 6.34. The fraction of sp³-hybridized carbons (Fsp3) is 0.0625. The molecule has 4 aromatic carbocycles. The van der Waals surface area contributed by atoms with Crippen LogP contribution in [-0.2, 0) is 4.79 Å². The zero-order valence-corrected chi connectivity index (χ0v) is 23.1. The second-order valence-electron chi connectivity index (χ2n) is 9.20. The van der Waals surface area contributed by atoms with Crippen LogP contribution < -0.4 is 20.8 Å². The van der Waals surface area contributed by atoms with Gasteiger partial charge in [0.1, 0.15) is 10.9 Å². The van der Waals surface area contributed by atoms with E-state index >= 15 is 0 Å². The van der Waals surface area contributed by atoms with E-state index in [4.69, 9.17) is 16.3 Å². The standard InChI is InChI=1S/C32H26ClN5O3/c1-20-9-8-14-26(21(20)2)36-27-13-7-6-12-25(27)32(40)38-35-18-23-15-22-16-29(34-19-39)30(17-28(22)37-31(23)33)41-24-10-4-3-5-11-24/h3-19,36H,1-2H3,(H,34,39)(H,38,40)/b35-18+. The zero-order chi connectivity index (χ0) is 28.8. The SMILES string of the molecule is Cc1cccc(Nc2ccccc2C(=O)N/N=C/c2cc3cc(NC=O)c(Oc4ccccc4)cc3nc2Cl)c1C. The number of carbonyl (C=O) groups is 2. The smallest absolute Gasteiger partial charge is 0.273 e. The topological polar surface area (TPSA) is 105 Å². The third-order valence-corrected chi connectivity index (χ3v) is 6.80. The minimum atomic E-state index is -0.389. The summed E-state index contributed by atoms with van der Waals surface area (Å²) in [6.45, 7) is 4.07. The Hall–Kier alpha value is -5.21. The number of amides is 2. The van der Waals surface area contributed by atoms with Gasteiger partial charge < -0.3 is 15.4 Å². The highest BCUT2D eigenvalue weighted by Crippen LogP contribution is 2.34. The lowest BCUT2D eigenvalue weighted by Gasteiger charge is -2.14. The quantitative estimate of drug-likeness (QED) is 0.0751. The lowest BCUT2D eigenvalue weighted by molar-refractivity contribution is -0.105. The summed E-state index contributed by atoms with van der Waals surface area (Å²) in [7, 11) is 0. The van der Waals surface area contributed by atoms with Crippen LogP contribution in [0.2, 0.25) is 5.15 Å². The molecule has 3 N–H and O–H groups in total. The number of nitrogens with one attached hydrogen (secondary N) is 3. The lowest BCUT2D eigenvalue weighted by atomic mass is 10.1. The molecule has 0 aliphatic rings. The molecule has 204 valence electrons. The summed E-state index contributed by atoms with van der Waals surface area (Å²) < 4.78 is 5.95. The number of nitrogens with zero attached hydrogens (tertiary/aromatic N) is 2. The Labute approximate surface area is 242 Å². The van der Waals surface area contributed by atoms with E-state index in [1.807, 2.05) is 62.4 Å². The van der Waals surface area contributed by atoms with Crippen LogP contribution in [0.1, 0.15) is 27.0 Å². The molecule has 0 radical (unpaired) electrons. The van der Waals surface area contributed by atoms with Gasteiger partial charge in [-0.1, -0.05) is 54.1 Å². The van der Waals surface area contributed by atoms with E-state index in [-0.39, 0.29) is 11.1 Å². The van der Waals surface area contributed by atoms with Crippen LogP contribution in [0.25, 0.3) is 10.9 Å². The number of rotatable bonds is 9. The minimum absolute atomic E-state index is 0.189. The van der Waals surface area contributed by atoms with Crippen molar-refractivity contribution in [2.45, 2.75) is 13.8 Å². The van der Waals surface area contributed by atoms with Gasteiger partial charge in [-0.2, -0.15) is 5.10 Å². The fourth-order valence-electron chi connectivity index (χ4n) is 4.20. The summed E-state index contributed by atoms with van der Waals surface area (Å²) in [4.78, 5) is 28.7. The van der Waals surface area contributed by atoms with E-state index < -0.39 is 0 Å². The van der Waals surface area contributed by atoms with Crippen LogP contribution in [0.4, 0.5) is 17.1 Å². The van der Waals surface area contributed by atoms with Crippen LogP contribution in [-0.4, -0.2) is 23.5 Å². The molecule has 5 aromatic rings. The number of aromatic nitrogens is 1. The maximum Gasteiger partial charge on any atom is 0.273 e. The van der Waals surface area contributed by atoms with Gasteiger partial charge in [-0.15, -0.1) is 0 Å². The number of halogens is 1. The highest BCUT2D eigenvalue weighted by atomic mass is 35.5. The first-order valence-electron chi connectivity index (χ1n) is 12.8. The Kier molecular flexibility index (Phi) is 8.22. The second kappa shape index (κ2) is 12.3. The van der Waals surface area contributed by atoms with Crippen molar-refractivity contribution in [1.29, 1.82) is 0 Å². The van der Waals surface area contributed by atoms with Crippen molar-refractivity contribution < 1.29 is 14.3 Å². The van der Waals surface area contributed by atoms with E-state index in [1.165, 1.54) is 6.21 Å². The van der Waals surface area contributed by atoms with E-state index in [9.17, 15) is 9.59 Å². The average Bonchev–Trinajstić information content (AvgIpc) is 2.97. The molecule has 8 nitrogen and oxygen atoms in total. The molecule has 0 unspecified atom stereocenters. The summed E-state index contributed by atoms with van der Waals surface area (Å²) in [6, 6.07) is 27.6. The van der Waals surface area contributed by atoms with Crippen molar-refractivity contribution in [2.75, 3.05) is 10.6 Å². The van der Waals surface area contributed by atoms with Crippen molar-refractivity contribution in [2.24, 2.45) is 5.10 Å². The molecule has 0 spiro atoms. The van der Waals surface area contributed by atoms with Crippen LogP contribution in [0.3, 0.4) is 0 Å². The molecule has 1 heterocycles. The number of anilines is 3. The van der Waals surface area contributed by atoms with E-state index in [0.717, 1.165) is 16.8 Å². The number of carbonyl (C=O) groups excluding carboxylic acids is 2. The van der Waals surface area contributed by atoms with Gasteiger partial charge in [-0.05, 0) is 67.4 Å². The van der Waals surface area contributed by atoms with Crippen molar-refractivity contribution >= 4 is 58.1 Å². The molecule has 0 bridgehead atoms. The second-order valence-corrected chi connectivity index (χ2v) is 9.56. The molecule has 9 heteroatoms. The number of para-hydroxylation sites is 2. The summed E-state index contributed by atoms with van der Waals surface area (Å²) in [6.07, 6.45) is 2.00. The lowest BCUT2D eigenvalue weighted by Crippen LogP contribution is -2.19. The van der Waals surface area contributed by atoms with Crippen molar-refractivity contribution in [3.63, 3.8) is 0 Å². The van der Waals surface area contributed by atoms with E-state index in [2.05, 4.69) is 26.1 Å². The molecule has 0 saturated carbocycles. The zero-order valence-electron chi connectivity index (χ0n) is 22.3.